The first-order chi connectivity index (χ1) is 10.1. The fourth-order valence-electron chi connectivity index (χ4n) is 2.68. The zero-order chi connectivity index (χ0) is 14.8. The maximum absolute atomic E-state index is 12.2. The highest BCUT2D eigenvalue weighted by molar-refractivity contribution is 5.94. The van der Waals surface area contributed by atoms with Gasteiger partial charge in [0.25, 0.3) is 11.6 Å². The summed E-state index contributed by atoms with van der Waals surface area (Å²) < 4.78 is 0. The number of amides is 1. The topological polar surface area (TPSA) is 72.2 Å². The largest absolute Gasteiger partial charge is 0.345 e. The van der Waals surface area contributed by atoms with E-state index in [-0.39, 0.29) is 17.6 Å². The molecule has 0 unspecified atom stereocenters. The van der Waals surface area contributed by atoms with Gasteiger partial charge in [0.2, 0.25) is 0 Å². The molecule has 5 nitrogen and oxygen atoms in total. The molecule has 0 saturated carbocycles. The molecule has 3 rings (SSSR count). The molecule has 0 aromatic heterocycles. The number of benzene rings is 2. The first-order valence-electron chi connectivity index (χ1n) is 6.78. The second-order valence-corrected chi connectivity index (χ2v) is 5.07. The van der Waals surface area contributed by atoms with Crippen molar-refractivity contribution in [2.75, 3.05) is 0 Å². The minimum atomic E-state index is -0.477. The van der Waals surface area contributed by atoms with Crippen LogP contribution >= 0.6 is 0 Å². The van der Waals surface area contributed by atoms with Crippen molar-refractivity contribution in [3.63, 3.8) is 0 Å². The third-order valence-corrected chi connectivity index (χ3v) is 3.78. The van der Waals surface area contributed by atoms with E-state index in [2.05, 4.69) is 11.4 Å². The zero-order valence-electron chi connectivity index (χ0n) is 11.3. The Morgan fingerprint density at radius 3 is 2.57 bits per heavy atom. The molecule has 0 spiro atoms. The molecule has 1 N–H and O–H groups in total. The van der Waals surface area contributed by atoms with Gasteiger partial charge in [0, 0.05) is 17.7 Å². The number of fused-ring (bicyclic) bond motifs is 1. The van der Waals surface area contributed by atoms with E-state index >= 15 is 0 Å². The molecule has 1 atom stereocenters. The van der Waals surface area contributed by atoms with Gasteiger partial charge in [-0.05, 0) is 36.1 Å². The maximum Gasteiger partial charge on any atom is 0.269 e. The minimum Gasteiger partial charge on any atom is -0.345 e. The smallest absolute Gasteiger partial charge is 0.269 e. The molecule has 21 heavy (non-hydrogen) atoms. The van der Waals surface area contributed by atoms with E-state index in [9.17, 15) is 14.9 Å². The van der Waals surface area contributed by atoms with Gasteiger partial charge in [-0.3, -0.25) is 14.9 Å². The molecule has 106 valence electrons. The molecule has 5 heteroatoms. The molecule has 0 bridgehead atoms. The van der Waals surface area contributed by atoms with Crippen molar-refractivity contribution in [3.8, 4) is 0 Å². The summed E-state index contributed by atoms with van der Waals surface area (Å²) in [5.41, 5.74) is 2.85. The van der Waals surface area contributed by atoms with E-state index in [0.717, 1.165) is 18.4 Å². The zero-order valence-corrected chi connectivity index (χ0v) is 11.3. The summed E-state index contributed by atoms with van der Waals surface area (Å²) in [7, 11) is 0. The van der Waals surface area contributed by atoms with Gasteiger partial charge in [-0.25, -0.2) is 0 Å². The molecular weight excluding hydrogens is 268 g/mol. The first kappa shape index (κ1) is 13.3. The second-order valence-electron chi connectivity index (χ2n) is 5.07. The van der Waals surface area contributed by atoms with Crippen LogP contribution in [0.1, 0.15) is 33.9 Å². The van der Waals surface area contributed by atoms with Gasteiger partial charge in [-0.15, -0.1) is 0 Å². The summed E-state index contributed by atoms with van der Waals surface area (Å²) in [4.78, 5) is 22.3. The van der Waals surface area contributed by atoms with Crippen LogP contribution in [-0.2, 0) is 6.42 Å². The standard InChI is InChI=1S/C16H14N2O3/c19-16(12-5-8-13(9-6-12)18(20)21)17-15-10-7-11-3-1-2-4-14(11)15/h1-6,8-9,15H,7,10H2,(H,17,19)/t15-/m0/s1. The number of nitrogens with zero attached hydrogens (tertiary/aromatic N) is 1. The third-order valence-electron chi connectivity index (χ3n) is 3.78. The number of rotatable bonds is 3. The Balaban J connectivity index is 1.74. The number of hydrogen-bond acceptors (Lipinski definition) is 3. The van der Waals surface area contributed by atoms with Crippen LogP contribution in [-0.4, -0.2) is 10.8 Å². The summed E-state index contributed by atoms with van der Waals surface area (Å²) in [6, 6.07) is 13.7. The Morgan fingerprint density at radius 2 is 1.86 bits per heavy atom. The molecule has 1 aliphatic carbocycles. The molecular formula is C16H14N2O3. The predicted molar refractivity (Wildman–Crippen MR) is 78.1 cm³/mol. The summed E-state index contributed by atoms with van der Waals surface area (Å²) in [6.07, 6.45) is 1.85. The Hall–Kier alpha value is -2.69. The van der Waals surface area contributed by atoms with Gasteiger partial charge in [0.05, 0.1) is 11.0 Å². The molecule has 2 aromatic rings. The predicted octanol–water partition coefficient (Wildman–Crippen LogP) is 3.01. The van der Waals surface area contributed by atoms with E-state index in [1.54, 1.807) is 0 Å². The molecule has 2 aromatic carbocycles. The number of nitro benzene ring substituents is 1. The van der Waals surface area contributed by atoms with Crippen LogP contribution in [0.5, 0.6) is 0 Å². The van der Waals surface area contributed by atoms with Crippen LogP contribution in [0, 0.1) is 10.1 Å². The lowest BCUT2D eigenvalue weighted by atomic mass is 10.1. The number of carbonyl (C=O) groups is 1. The number of carbonyl (C=O) groups excluding carboxylic acids is 1. The average molecular weight is 282 g/mol. The average Bonchev–Trinajstić information content (AvgIpc) is 2.91. The summed E-state index contributed by atoms with van der Waals surface area (Å²) in [5.74, 6) is -0.202. The van der Waals surface area contributed by atoms with E-state index in [4.69, 9.17) is 0 Å². The van der Waals surface area contributed by atoms with Gasteiger partial charge in [-0.2, -0.15) is 0 Å². The minimum absolute atomic E-state index is 0.0160. The highest BCUT2D eigenvalue weighted by Crippen LogP contribution is 2.30. The van der Waals surface area contributed by atoms with Crippen LogP contribution in [0.4, 0.5) is 5.69 Å². The van der Waals surface area contributed by atoms with Crippen LogP contribution in [0.25, 0.3) is 0 Å². The van der Waals surface area contributed by atoms with E-state index < -0.39 is 4.92 Å². The number of nitro groups is 1. The van der Waals surface area contributed by atoms with Gasteiger partial charge in [-0.1, -0.05) is 24.3 Å². The fraction of sp³-hybridized carbons (Fsp3) is 0.188. The number of non-ortho nitro benzene ring substituents is 1. The van der Waals surface area contributed by atoms with Crippen molar-refractivity contribution in [1.29, 1.82) is 0 Å². The van der Waals surface area contributed by atoms with Crippen molar-refractivity contribution < 1.29 is 9.72 Å². The van der Waals surface area contributed by atoms with E-state index in [0.29, 0.717) is 5.56 Å². The third kappa shape index (κ3) is 2.63. The molecule has 1 amide bonds. The van der Waals surface area contributed by atoms with Crippen molar-refractivity contribution in [2.24, 2.45) is 0 Å². The lowest BCUT2D eigenvalue weighted by Crippen LogP contribution is -2.27. The highest BCUT2D eigenvalue weighted by Gasteiger charge is 2.23. The van der Waals surface area contributed by atoms with Crippen molar-refractivity contribution in [2.45, 2.75) is 18.9 Å². The lowest BCUT2D eigenvalue weighted by Gasteiger charge is -2.14. The van der Waals surface area contributed by atoms with Gasteiger partial charge < -0.3 is 5.32 Å². The van der Waals surface area contributed by atoms with Gasteiger partial charge >= 0.3 is 0 Å². The molecule has 0 saturated heterocycles. The van der Waals surface area contributed by atoms with E-state index in [1.165, 1.54) is 29.8 Å². The molecule has 0 heterocycles. The normalized spacial score (nSPS) is 16.3. The van der Waals surface area contributed by atoms with Crippen LogP contribution < -0.4 is 5.32 Å². The number of aryl methyl sites for hydroxylation is 1. The van der Waals surface area contributed by atoms with Crippen molar-refractivity contribution >= 4 is 11.6 Å². The second kappa shape index (κ2) is 5.36. The monoisotopic (exact) mass is 282 g/mol. The van der Waals surface area contributed by atoms with Gasteiger partial charge in [0.1, 0.15) is 0 Å². The van der Waals surface area contributed by atoms with Crippen LogP contribution in [0.3, 0.4) is 0 Å². The SMILES string of the molecule is O=C(N[C@H]1CCc2ccccc21)c1ccc([N+](=O)[O-])cc1. The van der Waals surface area contributed by atoms with E-state index in [1.807, 2.05) is 18.2 Å². The summed E-state index contributed by atoms with van der Waals surface area (Å²) in [6.45, 7) is 0. The Kier molecular flexibility index (Phi) is 3.39. The van der Waals surface area contributed by atoms with Gasteiger partial charge in [0.15, 0.2) is 0 Å². The Bertz CT molecular complexity index is 695. The number of nitrogens with one attached hydrogen (secondary N) is 1. The quantitative estimate of drug-likeness (QED) is 0.694. The van der Waals surface area contributed by atoms with Crippen LogP contribution in [0.2, 0.25) is 0 Å². The Morgan fingerprint density at radius 1 is 1.14 bits per heavy atom. The van der Waals surface area contributed by atoms with Crippen LogP contribution in [0.15, 0.2) is 48.5 Å². The highest BCUT2D eigenvalue weighted by atomic mass is 16.6. The fourth-order valence-corrected chi connectivity index (χ4v) is 2.68. The summed E-state index contributed by atoms with van der Waals surface area (Å²) >= 11 is 0. The Labute approximate surface area is 121 Å². The maximum atomic E-state index is 12.2. The lowest BCUT2D eigenvalue weighted by molar-refractivity contribution is -0.384. The summed E-state index contributed by atoms with van der Waals surface area (Å²) in [5, 5.41) is 13.6. The molecule has 1 aliphatic rings. The van der Waals surface area contributed by atoms with Crippen molar-refractivity contribution in [3.05, 3.63) is 75.3 Å². The van der Waals surface area contributed by atoms with Crippen molar-refractivity contribution in [1.82, 2.24) is 5.32 Å². The molecule has 0 radical (unpaired) electrons. The first-order valence-corrected chi connectivity index (χ1v) is 6.78. The molecule has 0 aliphatic heterocycles. The molecule has 0 fully saturated rings. The number of hydrogen-bond donors (Lipinski definition) is 1.